The van der Waals surface area contributed by atoms with Crippen LogP contribution in [0.2, 0.25) is 5.02 Å². The maximum Gasteiger partial charge on any atom is 0.411 e. The lowest BCUT2D eigenvalue weighted by molar-refractivity contribution is -0.614. The van der Waals surface area contributed by atoms with Gasteiger partial charge in [0.15, 0.2) is 11.9 Å². The minimum absolute atomic E-state index is 0.0163. The van der Waals surface area contributed by atoms with Gasteiger partial charge in [-0.3, -0.25) is 10.1 Å². The molecule has 0 spiro atoms. The first-order valence-corrected chi connectivity index (χ1v) is 15.6. The Kier molecular flexibility index (Phi) is 10.3. The van der Waals surface area contributed by atoms with Gasteiger partial charge in [0.25, 0.3) is 0 Å². The standard InChI is InChI=1S/C33H33ClF2N6O7/c1-5-48-29(43)26-25-20-10-9-19(38-32(45)47-4)14-23(20)39-30(44)33(2,3)12-6-7-21(27(40-25)41-26)24-11-8-17(16-42(24)46)22-13-18(34)15-37-28(22)49-31(35)36/h8-11,13-16,21,31H,5-7,12H2,1-4H3,(H,38,45)(H,39,44)(H,40,41)/t21-/m1/s1. The lowest BCUT2D eigenvalue weighted by atomic mass is 9.83. The zero-order valence-electron chi connectivity index (χ0n) is 26.9. The molecule has 2 amide bonds. The summed E-state index contributed by atoms with van der Waals surface area (Å²) < 4.78 is 41.4. The van der Waals surface area contributed by atoms with Crippen molar-refractivity contribution in [1.82, 2.24) is 15.0 Å². The van der Waals surface area contributed by atoms with Crippen molar-refractivity contribution in [3.05, 3.63) is 76.2 Å². The van der Waals surface area contributed by atoms with Crippen molar-refractivity contribution in [3.8, 4) is 28.3 Å². The lowest BCUT2D eigenvalue weighted by Crippen LogP contribution is -2.34. The molecule has 2 bridgehead atoms. The largest absolute Gasteiger partial charge is 0.618 e. The third-order valence-electron chi connectivity index (χ3n) is 8.03. The summed E-state index contributed by atoms with van der Waals surface area (Å²) in [7, 11) is 1.22. The first-order chi connectivity index (χ1) is 23.3. The maximum atomic E-state index is 13.7. The number of aromatic nitrogens is 4. The first kappa shape index (κ1) is 35.0. The molecule has 0 unspecified atom stereocenters. The van der Waals surface area contributed by atoms with Crippen LogP contribution in [-0.2, 0) is 14.3 Å². The van der Waals surface area contributed by atoms with Crippen LogP contribution in [0.15, 0.2) is 48.8 Å². The van der Waals surface area contributed by atoms with Crippen LogP contribution >= 0.6 is 11.6 Å². The quantitative estimate of drug-likeness (QED) is 0.108. The number of fused-ring (bicyclic) bond motifs is 4. The third-order valence-corrected chi connectivity index (χ3v) is 8.23. The molecule has 0 saturated heterocycles. The van der Waals surface area contributed by atoms with Gasteiger partial charge in [-0.05, 0) is 50.1 Å². The monoisotopic (exact) mass is 698 g/mol. The molecule has 0 saturated carbocycles. The molecule has 13 nitrogen and oxygen atoms in total. The molecule has 1 aromatic carbocycles. The summed E-state index contributed by atoms with van der Waals surface area (Å²) in [6, 6.07) is 9.09. The molecule has 0 aliphatic carbocycles. The van der Waals surface area contributed by atoms with Gasteiger partial charge in [-0.2, -0.15) is 13.5 Å². The number of pyridine rings is 2. The van der Waals surface area contributed by atoms with E-state index in [1.165, 1.54) is 31.5 Å². The van der Waals surface area contributed by atoms with E-state index in [4.69, 9.17) is 26.1 Å². The predicted molar refractivity (Wildman–Crippen MR) is 174 cm³/mol. The highest BCUT2D eigenvalue weighted by molar-refractivity contribution is 6.30. The molecule has 5 rings (SSSR count). The van der Waals surface area contributed by atoms with Crippen molar-refractivity contribution < 1.29 is 42.1 Å². The number of methoxy groups -OCH3 is 1. The molecule has 1 atom stereocenters. The molecule has 3 N–H and O–H groups in total. The summed E-state index contributed by atoms with van der Waals surface area (Å²) >= 11 is 6.08. The highest BCUT2D eigenvalue weighted by Crippen LogP contribution is 2.39. The van der Waals surface area contributed by atoms with Gasteiger partial charge in [-0.1, -0.05) is 31.9 Å². The first-order valence-electron chi connectivity index (χ1n) is 15.2. The Bertz CT molecular complexity index is 1900. The number of H-pyrrole nitrogens is 1. The number of esters is 1. The van der Waals surface area contributed by atoms with Gasteiger partial charge in [-0.25, -0.2) is 19.6 Å². The Morgan fingerprint density at radius 3 is 2.67 bits per heavy atom. The van der Waals surface area contributed by atoms with Crippen LogP contribution in [0.3, 0.4) is 0 Å². The third kappa shape index (κ3) is 7.72. The molecule has 3 aromatic heterocycles. The van der Waals surface area contributed by atoms with Gasteiger partial charge >= 0.3 is 18.7 Å². The second-order valence-electron chi connectivity index (χ2n) is 11.8. The van der Waals surface area contributed by atoms with Crippen molar-refractivity contribution >= 4 is 40.9 Å². The van der Waals surface area contributed by atoms with Gasteiger partial charge in [-0.15, -0.1) is 0 Å². The van der Waals surface area contributed by atoms with E-state index in [0.29, 0.717) is 35.2 Å². The van der Waals surface area contributed by atoms with E-state index in [2.05, 4.69) is 25.3 Å². The Morgan fingerprint density at radius 2 is 1.98 bits per heavy atom. The van der Waals surface area contributed by atoms with Crippen LogP contribution < -0.4 is 20.1 Å². The zero-order valence-corrected chi connectivity index (χ0v) is 27.7. The summed E-state index contributed by atoms with van der Waals surface area (Å²) in [5.41, 5.74) is 0.683. The number of hydrogen-bond acceptors (Lipinski definition) is 9. The predicted octanol–water partition coefficient (Wildman–Crippen LogP) is 6.66. The fraction of sp³-hybridized carbons (Fsp3) is 0.333. The smallest absolute Gasteiger partial charge is 0.411 e. The van der Waals surface area contributed by atoms with Crippen molar-refractivity contribution in [3.63, 3.8) is 0 Å². The average Bonchev–Trinajstić information content (AvgIpc) is 3.49. The number of aromatic amines is 1. The molecule has 0 fully saturated rings. The number of halogens is 3. The topological polar surface area (TPSA) is 171 Å². The molecule has 0 radical (unpaired) electrons. The molecule has 49 heavy (non-hydrogen) atoms. The Balaban J connectivity index is 1.67. The lowest BCUT2D eigenvalue weighted by Gasteiger charge is -2.26. The summed E-state index contributed by atoms with van der Waals surface area (Å²) in [6.45, 7) is 2.13. The van der Waals surface area contributed by atoms with Crippen LogP contribution in [0.5, 0.6) is 5.88 Å². The SMILES string of the molecule is CCOC(=O)c1[nH]c2nc1-c1ccc(NC(=O)OC)cc1NC(=O)C(C)(C)CCC[C@@H]2c1ccc(-c2cc(Cl)cnc2OC(F)F)c[n+]1[O-]. The number of carbonyl (C=O) groups is 3. The molecule has 1 aliphatic heterocycles. The van der Waals surface area contributed by atoms with Crippen molar-refractivity contribution in [2.75, 3.05) is 24.4 Å². The second-order valence-corrected chi connectivity index (χ2v) is 12.2. The maximum absolute atomic E-state index is 13.7. The molecule has 4 aromatic rings. The van der Waals surface area contributed by atoms with E-state index in [0.717, 1.165) is 6.20 Å². The van der Waals surface area contributed by atoms with Crippen LogP contribution in [0.1, 0.15) is 68.0 Å². The number of benzene rings is 1. The highest BCUT2D eigenvalue weighted by Gasteiger charge is 2.34. The van der Waals surface area contributed by atoms with Crippen molar-refractivity contribution in [1.29, 1.82) is 0 Å². The summed E-state index contributed by atoms with van der Waals surface area (Å²) in [5, 5.41) is 19.3. The molecule has 16 heteroatoms. The van der Waals surface area contributed by atoms with E-state index < -0.39 is 35.9 Å². The Hall–Kier alpha value is -5.31. The van der Waals surface area contributed by atoms with E-state index in [-0.39, 0.29) is 57.3 Å². The highest BCUT2D eigenvalue weighted by atomic mass is 35.5. The van der Waals surface area contributed by atoms with E-state index in [1.807, 2.05) is 0 Å². The minimum Gasteiger partial charge on any atom is -0.618 e. The van der Waals surface area contributed by atoms with Crippen molar-refractivity contribution in [2.24, 2.45) is 5.41 Å². The minimum atomic E-state index is -3.16. The van der Waals surface area contributed by atoms with Crippen molar-refractivity contribution in [2.45, 2.75) is 52.6 Å². The molecule has 1 aliphatic rings. The number of rotatable bonds is 7. The average molecular weight is 699 g/mol. The van der Waals surface area contributed by atoms with Crippen LogP contribution in [-0.4, -0.2) is 53.2 Å². The van der Waals surface area contributed by atoms with E-state index in [1.54, 1.807) is 39.0 Å². The summed E-state index contributed by atoms with van der Waals surface area (Å²) in [5.74, 6) is -1.89. The van der Waals surface area contributed by atoms with Gasteiger partial charge in [0, 0.05) is 28.9 Å². The number of imidazole rings is 1. The number of anilines is 2. The van der Waals surface area contributed by atoms with Gasteiger partial charge in [0.2, 0.25) is 17.5 Å². The Morgan fingerprint density at radius 1 is 1.20 bits per heavy atom. The fourth-order valence-electron chi connectivity index (χ4n) is 5.51. The Labute approximate surface area is 284 Å². The van der Waals surface area contributed by atoms with Crippen LogP contribution in [0.4, 0.5) is 25.0 Å². The normalized spacial score (nSPS) is 15.7. The molecule has 258 valence electrons. The summed E-state index contributed by atoms with van der Waals surface area (Å²) in [4.78, 5) is 50.5. The number of ether oxygens (including phenoxy) is 3. The van der Waals surface area contributed by atoms with E-state index in [9.17, 15) is 28.4 Å². The van der Waals surface area contributed by atoms with Crippen LogP contribution in [0.25, 0.3) is 22.4 Å². The van der Waals surface area contributed by atoms with Crippen LogP contribution in [0, 0.1) is 10.6 Å². The fourth-order valence-corrected chi connectivity index (χ4v) is 5.67. The van der Waals surface area contributed by atoms with Gasteiger partial charge in [0.05, 0.1) is 35.6 Å². The molecule has 4 heterocycles. The van der Waals surface area contributed by atoms with Gasteiger partial charge < -0.3 is 29.7 Å². The number of nitrogens with zero attached hydrogens (tertiary/aromatic N) is 3. The number of alkyl halides is 2. The zero-order chi connectivity index (χ0) is 35.5. The number of amides is 2. The number of carbonyl (C=O) groups excluding carboxylic acids is 3. The number of hydrogen-bond donors (Lipinski definition) is 3. The molecular weight excluding hydrogens is 666 g/mol. The second kappa shape index (κ2) is 14.4. The number of nitrogens with one attached hydrogen (secondary N) is 3. The van der Waals surface area contributed by atoms with E-state index >= 15 is 0 Å². The molecular formula is C33H33ClF2N6O7. The van der Waals surface area contributed by atoms with Gasteiger partial charge in [0.1, 0.15) is 17.4 Å². The summed E-state index contributed by atoms with van der Waals surface area (Å²) in [6.07, 6.45) is 2.82.